The van der Waals surface area contributed by atoms with Crippen molar-refractivity contribution in [1.29, 1.82) is 0 Å². The summed E-state index contributed by atoms with van der Waals surface area (Å²) in [6.07, 6.45) is 85.7. The first-order chi connectivity index (χ1) is 37.5. The van der Waals surface area contributed by atoms with Crippen molar-refractivity contribution >= 4 is 17.9 Å². The van der Waals surface area contributed by atoms with Crippen LogP contribution in [0.15, 0.2) is 97.2 Å². The third kappa shape index (κ3) is 61.2. The van der Waals surface area contributed by atoms with Crippen LogP contribution >= 0.6 is 0 Å². The van der Waals surface area contributed by atoms with E-state index in [4.69, 9.17) is 14.2 Å². The number of allylic oxidation sites excluding steroid dienone is 16. The lowest BCUT2D eigenvalue weighted by Crippen LogP contribution is -2.30. The smallest absolute Gasteiger partial charge is 0.306 e. The van der Waals surface area contributed by atoms with E-state index < -0.39 is 6.10 Å². The maximum Gasteiger partial charge on any atom is 0.306 e. The highest BCUT2D eigenvalue weighted by Crippen LogP contribution is 2.17. The molecule has 0 aliphatic heterocycles. The van der Waals surface area contributed by atoms with E-state index in [-0.39, 0.29) is 31.1 Å². The lowest BCUT2D eigenvalue weighted by atomic mass is 10.0. The van der Waals surface area contributed by atoms with Gasteiger partial charge in [0.1, 0.15) is 13.2 Å². The summed E-state index contributed by atoms with van der Waals surface area (Å²) in [6, 6.07) is 0. The Morgan fingerprint density at radius 3 is 0.855 bits per heavy atom. The normalized spacial score (nSPS) is 12.7. The molecule has 0 spiro atoms. The molecule has 0 aromatic rings. The minimum atomic E-state index is -0.790. The molecule has 0 heterocycles. The summed E-state index contributed by atoms with van der Waals surface area (Å²) in [6.45, 7) is 6.42. The second-order valence-corrected chi connectivity index (χ2v) is 21.3. The van der Waals surface area contributed by atoms with Crippen molar-refractivity contribution in [3.8, 4) is 0 Å². The summed E-state index contributed by atoms with van der Waals surface area (Å²) in [5.41, 5.74) is 0. The fourth-order valence-electron chi connectivity index (χ4n) is 8.96. The molecule has 0 amide bonds. The third-order valence-corrected chi connectivity index (χ3v) is 13.8. The first-order valence-corrected chi connectivity index (χ1v) is 32.2. The highest BCUT2D eigenvalue weighted by Gasteiger charge is 2.19. The number of hydrogen-bond donors (Lipinski definition) is 0. The monoisotopic (exact) mass is 1060 g/mol. The molecule has 76 heavy (non-hydrogen) atoms. The van der Waals surface area contributed by atoms with Gasteiger partial charge < -0.3 is 14.2 Å². The summed E-state index contributed by atoms with van der Waals surface area (Å²) in [5, 5.41) is 0. The summed E-state index contributed by atoms with van der Waals surface area (Å²) in [4.78, 5) is 38.2. The van der Waals surface area contributed by atoms with Gasteiger partial charge in [0.2, 0.25) is 0 Å². The van der Waals surface area contributed by atoms with Crippen molar-refractivity contribution < 1.29 is 28.6 Å². The number of ether oxygens (including phenoxy) is 3. The topological polar surface area (TPSA) is 78.9 Å². The third-order valence-electron chi connectivity index (χ3n) is 13.8. The number of carbonyl (C=O) groups excluding carboxylic acids is 3. The number of esters is 3. The van der Waals surface area contributed by atoms with Crippen molar-refractivity contribution in [3.63, 3.8) is 0 Å². The molecule has 0 N–H and O–H groups in total. The molecular formula is C70H120O6. The van der Waals surface area contributed by atoms with Crippen LogP contribution in [0.25, 0.3) is 0 Å². The molecule has 0 bridgehead atoms. The van der Waals surface area contributed by atoms with E-state index in [0.717, 1.165) is 141 Å². The number of unbranched alkanes of at least 4 members (excludes halogenated alkanes) is 31. The zero-order chi connectivity index (χ0) is 55.0. The predicted molar refractivity (Wildman–Crippen MR) is 330 cm³/mol. The van der Waals surface area contributed by atoms with Crippen molar-refractivity contribution in [2.24, 2.45) is 0 Å². The van der Waals surface area contributed by atoms with Gasteiger partial charge in [-0.15, -0.1) is 0 Å². The average Bonchev–Trinajstić information content (AvgIpc) is 3.42. The summed E-state index contributed by atoms with van der Waals surface area (Å²) in [5.74, 6) is -0.905. The van der Waals surface area contributed by atoms with Gasteiger partial charge in [-0.1, -0.05) is 279 Å². The summed E-state index contributed by atoms with van der Waals surface area (Å²) < 4.78 is 16.9. The van der Waals surface area contributed by atoms with Crippen LogP contribution in [0.1, 0.15) is 310 Å². The Morgan fingerprint density at radius 2 is 0.539 bits per heavy atom. The molecule has 0 fully saturated rings. The second kappa shape index (κ2) is 63.9. The fraction of sp³-hybridized carbons (Fsp3) is 0.729. The Kier molecular flexibility index (Phi) is 60.8. The zero-order valence-corrected chi connectivity index (χ0v) is 50.0. The van der Waals surface area contributed by atoms with Gasteiger partial charge in [-0.2, -0.15) is 0 Å². The Hall–Kier alpha value is -3.67. The minimum absolute atomic E-state index is 0.0853. The van der Waals surface area contributed by atoms with E-state index >= 15 is 0 Å². The average molecular weight is 1060 g/mol. The van der Waals surface area contributed by atoms with Crippen molar-refractivity contribution in [2.45, 2.75) is 316 Å². The minimum Gasteiger partial charge on any atom is -0.462 e. The van der Waals surface area contributed by atoms with E-state index in [1.165, 1.54) is 128 Å². The molecule has 0 saturated heterocycles. The van der Waals surface area contributed by atoms with Crippen LogP contribution in [-0.4, -0.2) is 37.2 Å². The van der Waals surface area contributed by atoms with Crippen LogP contribution in [-0.2, 0) is 28.6 Å². The SMILES string of the molecule is CC/C=C\C/C=C\C/C=C\C/C=C\CCCCCCCCCCCCCCCCCCCCC(=O)OCC(COC(=O)CCCCCCC/C=C\C/C=C\CCC)OC(=O)CCCCCCC/C=C\C/C=C\CCCC. The molecule has 6 heteroatoms. The molecule has 0 radical (unpaired) electrons. The second-order valence-electron chi connectivity index (χ2n) is 21.3. The van der Waals surface area contributed by atoms with Crippen molar-refractivity contribution in [3.05, 3.63) is 97.2 Å². The Labute approximate surface area is 470 Å². The van der Waals surface area contributed by atoms with Crippen molar-refractivity contribution in [1.82, 2.24) is 0 Å². The van der Waals surface area contributed by atoms with Gasteiger partial charge in [0, 0.05) is 19.3 Å². The Bertz CT molecular complexity index is 1490. The standard InChI is InChI=1S/C70H120O6/c1-4-7-10-13-16-19-22-25-27-28-29-30-31-32-33-34-35-36-37-38-39-40-41-42-43-46-48-51-54-57-60-63-69(72)75-66-67(65-74-68(71)62-59-56-53-50-47-44-24-21-18-15-12-9-6-3)76-70(73)64-61-58-55-52-49-45-26-23-20-17-14-11-8-5-2/h7,10,12,14-17,19,21,23-27,29-30,67H,4-6,8-9,11,13,18,20,22,28,31-66H2,1-3H3/b10-7-,15-12-,17-14-,19-16-,24-21-,26-23-,27-25-,30-29-. The van der Waals surface area contributed by atoms with E-state index in [0.29, 0.717) is 19.3 Å². The lowest BCUT2D eigenvalue weighted by molar-refractivity contribution is -0.167. The summed E-state index contributed by atoms with van der Waals surface area (Å²) in [7, 11) is 0. The maximum atomic E-state index is 12.9. The van der Waals surface area contributed by atoms with Gasteiger partial charge in [-0.25, -0.2) is 0 Å². The Morgan fingerprint density at radius 1 is 0.276 bits per heavy atom. The first-order valence-electron chi connectivity index (χ1n) is 32.2. The quantitative estimate of drug-likeness (QED) is 0.0261. The molecule has 0 aromatic carbocycles. The first kappa shape index (κ1) is 72.3. The molecule has 6 nitrogen and oxygen atoms in total. The van der Waals surface area contributed by atoms with Crippen LogP contribution in [0, 0.1) is 0 Å². The molecule has 1 atom stereocenters. The maximum absolute atomic E-state index is 12.9. The van der Waals surface area contributed by atoms with Gasteiger partial charge in [-0.3, -0.25) is 14.4 Å². The molecule has 0 rings (SSSR count). The predicted octanol–water partition coefficient (Wildman–Crippen LogP) is 22.0. The van der Waals surface area contributed by atoms with Crippen LogP contribution < -0.4 is 0 Å². The van der Waals surface area contributed by atoms with E-state index in [1.807, 2.05) is 0 Å². The van der Waals surface area contributed by atoms with E-state index in [9.17, 15) is 14.4 Å². The molecule has 0 aliphatic rings. The van der Waals surface area contributed by atoms with Crippen LogP contribution in [0.3, 0.4) is 0 Å². The molecule has 1 unspecified atom stereocenters. The highest BCUT2D eigenvalue weighted by molar-refractivity contribution is 5.71. The van der Waals surface area contributed by atoms with E-state index in [1.54, 1.807) is 0 Å². The van der Waals surface area contributed by atoms with Crippen LogP contribution in [0.4, 0.5) is 0 Å². The van der Waals surface area contributed by atoms with Gasteiger partial charge in [0.25, 0.3) is 0 Å². The van der Waals surface area contributed by atoms with Crippen molar-refractivity contribution in [2.75, 3.05) is 13.2 Å². The van der Waals surface area contributed by atoms with Gasteiger partial charge in [0.05, 0.1) is 0 Å². The number of hydrogen-bond acceptors (Lipinski definition) is 6. The fourth-order valence-corrected chi connectivity index (χ4v) is 8.96. The molecule has 0 aliphatic carbocycles. The summed E-state index contributed by atoms with van der Waals surface area (Å²) >= 11 is 0. The van der Waals surface area contributed by atoms with Gasteiger partial charge >= 0.3 is 17.9 Å². The highest BCUT2D eigenvalue weighted by atomic mass is 16.6. The molecular weight excluding hydrogens is 937 g/mol. The molecule has 0 aromatic heterocycles. The number of rotatable bonds is 58. The van der Waals surface area contributed by atoms with E-state index in [2.05, 4.69) is 118 Å². The Balaban J connectivity index is 4.17. The molecule has 0 saturated carbocycles. The zero-order valence-electron chi connectivity index (χ0n) is 50.0. The van der Waals surface area contributed by atoms with Gasteiger partial charge in [-0.05, 0) is 109 Å². The van der Waals surface area contributed by atoms with Gasteiger partial charge in [0.15, 0.2) is 6.10 Å². The molecule has 436 valence electrons. The largest absolute Gasteiger partial charge is 0.462 e. The lowest BCUT2D eigenvalue weighted by Gasteiger charge is -2.18. The number of carbonyl (C=O) groups is 3. The van der Waals surface area contributed by atoms with Crippen LogP contribution in [0.2, 0.25) is 0 Å². The van der Waals surface area contributed by atoms with Crippen LogP contribution in [0.5, 0.6) is 0 Å².